The summed E-state index contributed by atoms with van der Waals surface area (Å²) in [5, 5.41) is 17.0. The SMILES string of the molecule is CCCC(=O)OC(C)C.CCCCC(=N/C=C(\C)c1ccc(-c2ccc(=O)[nH]c2)cc1C(C)([O-])NC(C)C)C1CCCCC1.O.[K+]. The van der Waals surface area contributed by atoms with E-state index in [1.807, 2.05) is 65.9 Å². The zero-order chi connectivity index (χ0) is 32.7. The molecule has 252 valence electrons. The second-order valence-electron chi connectivity index (χ2n) is 12.7. The van der Waals surface area contributed by atoms with Gasteiger partial charge in [-0.25, -0.2) is 0 Å². The van der Waals surface area contributed by atoms with Crippen molar-refractivity contribution in [3.05, 3.63) is 64.2 Å². The second kappa shape index (κ2) is 23.0. The first kappa shape index (κ1) is 44.6. The molecule has 3 rings (SSSR count). The molecule has 1 heterocycles. The third kappa shape index (κ3) is 15.6. The van der Waals surface area contributed by atoms with Gasteiger partial charge in [-0.1, -0.05) is 78.5 Å². The molecule has 46 heavy (non-hydrogen) atoms. The van der Waals surface area contributed by atoms with Gasteiger partial charge in [-0.15, -0.1) is 0 Å². The van der Waals surface area contributed by atoms with Crippen LogP contribution in [0.3, 0.4) is 0 Å². The molecule has 1 saturated carbocycles. The Bertz CT molecular complexity index is 1270. The van der Waals surface area contributed by atoms with Gasteiger partial charge < -0.3 is 25.6 Å². The number of carbonyl (C=O) groups excluding carboxylic acids is 1. The van der Waals surface area contributed by atoms with E-state index in [-0.39, 0.29) is 80.5 Å². The van der Waals surface area contributed by atoms with Gasteiger partial charge in [0.15, 0.2) is 0 Å². The van der Waals surface area contributed by atoms with Crippen LogP contribution < -0.4 is 67.4 Å². The van der Waals surface area contributed by atoms with E-state index < -0.39 is 5.72 Å². The van der Waals surface area contributed by atoms with Crippen LogP contribution >= 0.6 is 0 Å². The molecule has 4 N–H and O–H groups in total. The first-order chi connectivity index (χ1) is 20.9. The van der Waals surface area contributed by atoms with Crippen molar-refractivity contribution < 1.29 is 71.5 Å². The number of pyridine rings is 1. The average Bonchev–Trinajstić information content (AvgIpc) is 2.97. The fourth-order valence-corrected chi connectivity index (χ4v) is 5.62. The van der Waals surface area contributed by atoms with E-state index in [1.165, 1.54) is 50.3 Å². The number of unbranched alkanes of at least 4 members (excludes halogenated alkanes) is 1. The van der Waals surface area contributed by atoms with E-state index >= 15 is 0 Å². The quantitative estimate of drug-likeness (QED) is 0.144. The van der Waals surface area contributed by atoms with Crippen molar-refractivity contribution in [3.8, 4) is 11.1 Å². The third-order valence-corrected chi connectivity index (χ3v) is 7.75. The molecule has 1 aromatic carbocycles. The molecule has 0 amide bonds. The predicted octanol–water partition coefficient (Wildman–Crippen LogP) is 4.06. The molecule has 1 atom stereocenters. The molecule has 8 nitrogen and oxygen atoms in total. The van der Waals surface area contributed by atoms with Crippen LogP contribution in [0.4, 0.5) is 0 Å². The van der Waals surface area contributed by atoms with Crippen molar-refractivity contribution in [2.45, 2.75) is 137 Å². The van der Waals surface area contributed by atoms with E-state index in [0.29, 0.717) is 17.9 Å². The fourth-order valence-electron chi connectivity index (χ4n) is 5.62. The summed E-state index contributed by atoms with van der Waals surface area (Å²) < 4.78 is 4.85. The van der Waals surface area contributed by atoms with Gasteiger partial charge in [0.05, 0.1) is 6.10 Å². The van der Waals surface area contributed by atoms with Crippen LogP contribution in [0.2, 0.25) is 0 Å². The van der Waals surface area contributed by atoms with E-state index in [2.05, 4.69) is 17.2 Å². The Morgan fingerprint density at radius 2 is 1.72 bits per heavy atom. The van der Waals surface area contributed by atoms with Crippen molar-refractivity contribution >= 4 is 17.3 Å². The first-order valence-electron chi connectivity index (χ1n) is 16.6. The summed E-state index contributed by atoms with van der Waals surface area (Å²) in [4.78, 5) is 29.9. The number of allylic oxidation sites excluding steroid dienone is 1. The number of ether oxygens (including phenoxy) is 1. The zero-order valence-corrected chi connectivity index (χ0v) is 33.0. The molecule has 0 bridgehead atoms. The number of aliphatic imine (C=N–C) groups is 1. The molecular weight excluding hydrogens is 606 g/mol. The average molecular weight is 664 g/mol. The molecule has 0 radical (unpaired) electrons. The maximum atomic E-state index is 13.8. The molecule has 1 aliphatic carbocycles. The van der Waals surface area contributed by atoms with E-state index in [0.717, 1.165) is 41.5 Å². The van der Waals surface area contributed by atoms with Gasteiger partial charge in [-0.05, 0) is 98.4 Å². The molecule has 1 aromatic heterocycles. The van der Waals surface area contributed by atoms with Crippen LogP contribution in [0.15, 0.2) is 52.5 Å². The largest absolute Gasteiger partial charge is 1.00 e. The number of nitrogens with zero attached hydrogens (tertiary/aromatic N) is 1. The van der Waals surface area contributed by atoms with Gasteiger partial charge in [0.25, 0.3) is 0 Å². The molecule has 2 aromatic rings. The Morgan fingerprint density at radius 3 is 2.26 bits per heavy atom. The number of rotatable bonds is 13. The van der Waals surface area contributed by atoms with Crippen LogP contribution in [0.1, 0.15) is 131 Å². The summed E-state index contributed by atoms with van der Waals surface area (Å²) in [7, 11) is 0. The van der Waals surface area contributed by atoms with Crippen molar-refractivity contribution in [2.24, 2.45) is 10.9 Å². The van der Waals surface area contributed by atoms with Gasteiger partial charge in [-0.2, -0.15) is 0 Å². The zero-order valence-electron chi connectivity index (χ0n) is 29.9. The van der Waals surface area contributed by atoms with E-state index in [4.69, 9.17) is 9.73 Å². The number of aromatic amines is 1. The number of hydrogen-bond donors (Lipinski definition) is 2. The molecule has 1 unspecified atom stereocenters. The Labute approximate surface area is 320 Å². The maximum Gasteiger partial charge on any atom is 1.00 e. The second-order valence-corrected chi connectivity index (χ2v) is 12.7. The van der Waals surface area contributed by atoms with Crippen LogP contribution in [0.5, 0.6) is 0 Å². The normalized spacial score (nSPS) is 15.3. The van der Waals surface area contributed by atoms with Crippen LogP contribution in [-0.4, -0.2) is 34.3 Å². The van der Waals surface area contributed by atoms with Crippen molar-refractivity contribution in [1.82, 2.24) is 10.3 Å². The monoisotopic (exact) mass is 663 g/mol. The van der Waals surface area contributed by atoms with Crippen LogP contribution in [-0.2, 0) is 15.3 Å². The molecule has 1 fully saturated rings. The minimum absolute atomic E-state index is 0. The minimum atomic E-state index is -1.48. The Balaban J connectivity index is 0.00000161. The van der Waals surface area contributed by atoms with Crippen molar-refractivity contribution in [2.75, 3.05) is 0 Å². The van der Waals surface area contributed by atoms with Gasteiger partial charge in [0.1, 0.15) is 0 Å². The molecular formula is C37H58KN3O5. The number of hydrogen-bond acceptors (Lipinski definition) is 6. The van der Waals surface area contributed by atoms with Crippen LogP contribution in [0, 0.1) is 5.92 Å². The molecule has 0 aliphatic heterocycles. The Morgan fingerprint density at radius 1 is 1.07 bits per heavy atom. The number of nitrogens with one attached hydrogen (secondary N) is 2. The predicted molar refractivity (Wildman–Crippen MR) is 185 cm³/mol. The summed E-state index contributed by atoms with van der Waals surface area (Å²) in [5.74, 6) is 0.501. The molecule has 0 spiro atoms. The number of carbonyl (C=O) groups is 1. The Kier molecular flexibility index (Phi) is 22.3. The minimum Gasteiger partial charge on any atom is -0.835 e. The summed E-state index contributed by atoms with van der Waals surface area (Å²) in [6.45, 7) is 15.6. The molecule has 0 saturated heterocycles. The summed E-state index contributed by atoms with van der Waals surface area (Å²) >= 11 is 0. The number of aromatic nitrogens is 1. The fraction of sp³-hybridized carbons (Fsp3) is 0.595. The standard InChI is InChI=1S/C30H42N3O2.C7H14O2.K.H2O/c1-6-7-13-28(23-11-9-8-10-12-23)31-19-22(4)26-16-14-24(25-15-17-29(34)32-20-25)18-27(26)30(5,35)33-21(2)3;1-4-5-7(8)9-6(2)3;;/h14-21,23,33H,6-13H2,1-5H3,(H,32,34);6H,4-5H2,1-3H3;;1H2/q-1;;+1;/b22-19+,31-28?;;;. The number of benzene rings is 1. The van der Waals surface area contributed by atoms with Gasteiger partial charge in [0, 0.05) is 36.6 Å². The first-order valence-corrected chi connectivity index (χ1v) is 16.6. The van der Waals surface area contributed by atoms with E-state index in [9.17, 15) is 14.7 Å². The Hall–Kier alpha value is -1.43. The molecule has 1 aliphatic rings. The third-order valence-electron chi connectivity index (χ3n) is 7.75. The van der Waals surface area contributed by atoms with E-state index in [1.54, 1.807) is 19.2 Å². The topological polar surface area (TPSA) is 138 Å². The van der Waals surface area contributed by atoms with Gasteiger partial charge in [-0.3, -0.25) is 14.6 Å². The number of esters is 1. The van der Waals surface area contributed by atoms with Crippen molar-refractivity contribution in [1.29, 1.82) is 0 Å². The van der Waals surface area contributed by atoms with Crippen molar-refractivity contribution in [3.63, 3.8) is 0 Å². The van der Waals surface area contributed by atoms with Crippen LogP contribution in [0.25, 0.3) is 16.7 Å². The summed E-state index contributed by atoms with van der Waals surface area (Å²) in [5.41, 5.74) is 4.06. The molecule has 9 heteroatoms. The smallest absolute Gasteiger partial charge is 0.835 e. The van der Waals surface area contributed by atoms with Gasteiger partial charge in [0.2, 0.25) is 5.56 Å². The maximum absolute atomic E-state index is 13.8. The summed E-state index contributed by atoms with van der Waals surface area (Å²) in [6, 6.07) is 9.31. The van der Waals surface area contributed by atoms with Gasteiger partial charge >= 0.3 is 57.4 Å². The number of H-pyrrole nitrogens is 1. The summed E-state index contributed by atoms with van der Waals surface area (Å²) in [6.07, 6.45) is 14.9.